The summed E-state index contributed by atoms with van der Waals surface area (Å²) in [5, 5.41) is 0. The van der Waals surface area contributed by atoms with Gasteiger partial charge in [-0.1, -0.05) is 12.8 Å². The molecule has 2 rings (SSSR count). The molecule has 2 aliphatic rings. The highest BCUT2D eigenvalue weighted by Crippen LogP contribution is 2.30. The van der Waals surface area contributed by atoms with E-state index >= 15 is 0 Å². The Morgan fingerprint density at radius 2 is 2.00 bits per heavy atom. The Morgan fingerprint density at radius 1 is 1.33 bits per heavy atom. The first-order chi connectivity index (χ1) is 10.0. The molecule has 0 N–H and O–H groups in total. The molecule has 118 valence electrons. The largest absolute Gasteiger partial charge is 0.465 e. The van der Waals surface area contributed by atoms with Crippen molar-refractivity contribution in [3.8, 4) is 0 Å². The van der Waals surface area contributed by atoms with Gasteiger partial charge in [-0.25, -0.2) is 0 Å². The molecule has 0 aromatic heterocycles. The topological polar surface area (TPSA) is 66.9 Å². The summed E-state index contributed by atoms with van der Waals surface area (Å²) >= 11 is 0. The lowest BCUT2D eigenvalue weighted by Crippen LogP contribution is -2.39. The molecule has 0 bridgehead atoms. The fourth-order valence-corrected chi connectivity index (χ4v) is 3.26. The highest BCUT2D eigenvalue weighted by atomic mass is 16.5. The van der Waals surface area contributed by atoms with Gasteiger partial charge in [0.1, 0.15) is 6.54 Å². The van der Waals surface area contributed by atoms with Gasteiger partial charge in [-0.2, -0.15) is 0 Å². The fourth-order valence-electron chi connectivity index (χ4n) is 3.26. The normalized spacial score (nSPS) is 22.7. The molecule has 1 atom stereocenters. The summed E-state index contributed by atoms with van der Waals surface area (Å²) in [6.07, 6.45) is 4.69. The summed E-state index contributed by atoms with van der Waals surface area (Å²) in [7, 11) is 1.59. The third kappa shape index (κ3) is 3.74. The van der Waals surface area contributed by atoms with Crippen molar-refractivity contribution in [2.45, 2.75) is 45.1 Å². The van der Waals surface area contributed by atoms with Gasteiger partial charge in [-0.15, -0.1) is 0 Å². The van der Waals surface area contributed by atoms with E-state index in [-0.39, 0.29) is 30.7 Å². The van der Waals surface area contributed by atoms with Crippen LogP contribution in [-0.2, 0) is 19.1 Å². The Bertz CT molecular complexity index is 418. The van der Waals surface area contributed by atoms with Crippen LogP contribution in [0.1, 0.15) is 39.0 Å². The summed E-state index contributed by atoms with van der Waals surface area (Å²) in [5.41, 5.74) is 0. The molecule has 0 aromatic carbocycles. The van der Waals surface area contributed by atoms with Crippen LogP contribution in [0.2, 0.25) is 0 Å². The fraction of sp³-hybridized carbons (Fsp3) is 0.800. The molecule has 6 nitrogen and oxygen atoms in total. The third-order valence-corrected chi connectivity index (χ3v) is 4.32. The van der Waals surface area contributed by atoms with Crippen molar-refractivity contribution in [1.82, 2.24) is 9.80 Å². The molecule has 2 fully saturated rings. The van der Waals surface area contributed by atoms with Gasteiger partial charge in [0, 0.05) is 26.1 Å². The lowest BCUT2D eigenvalue weighted by Gasteiger charge is -2.25. The second-order valence-electron chi connectivity index (χ2n) is 5.88. The van der Waals surface area contributed by atoms with Gasteiger partial charge in [-0.3, -0.25) is 14.4 Å². The van der Waals surface area contributed by atoms with Crippen LogP contribution in [0, 0.1) is 5.92 Å². The molecule has 1 saturated carbocycles. The van der Waals surface area contributed by atoms with Crippen LogP contribution in [0.4, 0.5) is 0 Å². The lowest BCUT2D eigenvalue weighted by atomic mass is 10.1. The second-order valence-corrected chi connectivity index (χ2v) is 5.88. The summed E-state index contributed by atoms with van der Waals surface area (Å²) in [6, 6.07) is 0.311. The number of nitrogens with zero attached hydrogens (tertiary/aromatic N) is 2. The summed E-state index contributed by atoms with van der Waals surface area (Å²) in [5.74, 6) is -0.801. The molecule has 0 aromatic rings. The molecule has 1 aliphatic carbocycles. The van der Waals surface area contributed by atoms with Gasteiger partial charge in [-0.05, 0) is 19.8 Å². The first kappa shape index (κ1) is 15.8. The van der Waals surface area contributed by atoms with E-state index in [0.717, 1.165) is 25.7 Å². The van der Waals surface area contributed by atoms with E-state index < -0.39 is 5.97 Å². The number of carbonyl (C=O) groups excluding carboxylic acids is 3. The number of carbonyl (C=O) groups is 3. The maximum atomic E-state index is 12.3. The molecule has 2 amide bonds. The number of hydrogen-bond donors (Lipinski definition) is 0. The Balaban J connectivity index is 1.88. The number of rotatable bonds is 5. The molecule has 6 heteroatoms. The van der Waals surface area contributed by atoms with E-state index in [1.54, 1.807) is 14.0 Å². The van der Waals surface area contributed by atoms with E-state index in [2.05, 4.69) is 0 Å². The van der Waals surface area contributed by atoms with Crippen molar-refractivity contribution in [2.75, 3.05) is 26.7 Å². The average molecular weight is 296 g/mol. The number of amides is 2. The van der Waals surface area contributed by atoms with Crippen molar-refractivity contribution in [1.29, 1.82) is 0 Å². The van der Waals surface area contributed by atoms with E-state index in [1.807, 2.05) is 4.90 Å². The quantitative estimate of drug-likeness (QED) is 0.704. The van der Waals surface area contributed by atoms with Crippen LogP contribution < -0.4 is 0 Å². The molecular formula is C15H24N2O4. The number of ether oxygens (including phenoxy) is 1. The van der Waals surface area contributed by atoms with Gasteiger partial charge in [0.25, 0.3) is 0 Å². The Labute approximate surface area is 125 Å². The zero-order valence-corrected chi connectivity index (χ0v) is 12.8. The van der Waals surface area contributed by atoms with E-state index in [9.17, 15) is 14.4 Å². The summed E-state index contributed by atoms with van der Waals surface area (Å²) in [4.78, 5) is 39.1. The molecular weight excluding hydrogens is 272 g/mol. The number of likely N-dealkylation sites (N-methyl/N-ethyl adjacent to an activating group) is 1. The molecule has 0 radical (unpaired) electrons. The Kier molecular flexibility index (Phi) is 5.20. The molecule has 1 aliphatic heterocycles. The van der Waals surface area contributed by atoms with Gasteiger partial charge < -0.3 is 14.5 Å². The Morgan fingerprint density at radius 3 is 2.62 bits per heavy atom. The van der Waals surface area contributed by atoms with Crippen LogP contribution in [0.3, 0.4) is 0 Å². The highest BCUT2D eigenvalue weighted by molar-refractivity contribution is 5.90. The van der Waals surface area contributed by atoms with Gasteiger partial charge in [0.15, 0.2) is 0 Å². The predicted octanol–water partition coefficient (Wildman–Crippen LogP) is 0.799. The second kappa shape index (κ2) is 6.91. The first-order valence-electron chi connectivity index (χ1n) is 7.73. The molecule has 0 spiro atoms. The minimum Gasteiger partial charge on any atom is -0.465 e. The van der Waals surface area contributed by atoms with Crippen LogP contribution in [-0.4, -0.2) is 60.4 Å². The van der Waals surface area contributed by atoms with Crippen LogP contribution in [0.15, 0.2) is 0 Å². The van der Waals surface area contributed by atoms with Gasteiger partial charge >= 0.3 is 5.97 Å². The van der Waals surface area contributed by atoms with E-state index in [0.29, 0.717) is 19.2 Å². The van der Waals surface area contributed by atoms with Crippen molar-refractivity contribution in [3.05, 3.63) is 0 Å². The van der Waals surface area contributed by atoms with Crippen LogP contribution >= 0.6 is 0 Å². The lowest BCUT2D eigenvalue weighted by molar-refractivity contribution is -0.149. The van der Waals surface area contributed by atoms with Gasteiger partial charge in [0.2, 0.25) is 11.8 Å². The summed E-state index contributed by atoms with van der Waals surface area (Å²) < 4.78 is 4.84. The van der Waals surface area contributed by atoms with Crippen molar-refractivity contribution in [3.63, 3.8) is 0 Å². The number of hydrogen-bond acceptors (Lipinski definition) is 4. The smallest absolute Gasteiger partial charge is 0.325 e. The SMILES string of the molecule is CCOC(=O)CN(C)C(=O)C1CC(=O)N(C2CCCC2)C1. The van der Waals surface area contributed by atoms with Crippen molar-refractivity contribution in [2.24, 2.45) is 5.92 Å². The average Bonchev–Trinajstić information content (AvgIpc) is 3.06. The maximum Gasteiger partial charge on any atom is 0.325 e. The standard InChI is InChI=1S/C15H24N2O4/c1-3-21-14(19)10-16(2)15(20)11-8-13(18)17(9-11)12-6-4-5-7-12/h11-12H,3-10H2,1-2H3. The van der Waals surface area contributed by atoms with Gasteiger partial charge in [0.05, 0.1) is 12.5 Å². The van der Waals surface area contributed by atoms with E-state index in [4.69, 9.17) is 4.74 Å². The predicted molar refractivity (Wildman–Crippen MR) is 76.3 cm³/mol. The zero-order valence-electron chi connectivity index (χ0n) is 12.8. The minimum absolute atomic E-state index is 0.0548. The number of esters is 1. The van der Waals surface area contributed by atoms with E-state index in [1.165, 1.54) is 4.90 Å². The molecule has 1 saturated heterocycles. The number of likely N-dealkylation sites (tertiary alicyclic amines) is 1. The molecule has 1 unspecified atom stereocenters. The van der Waals surface area contributed by atoms with Crippen LogP contribution in [0.25, 0.3) is 0 Å². The monoisotopic (exact) mass is 296 g/mol. The first-order valence-corrected chi connectivity index (χ1v) is 7.73. The van der Waals surface area contributed by atoms with Crippen molar-refractivity contribution >= 4 is 17.8 Å². The maximum absolute atomic E-state index is 12.3. The van der Waals surface area contributed by atoms with Crippen molar-refractivity contribution < 1.29 is 19.1 Å². The zero-order chi connectivity index (χ0) is 15.4. The van der Waals surface area contributed by atoms with Crippen LogP contribution in [0.5, 0.6) is 0 Å². The third-order valence-electron chi connectivity index (χ3n) is 4.32. The molecule has 21 heavy (non-hydrogen) atoms. The molecule has 1 heterocycles. The highest BCUT2D eigenvalue weighted by Gasteiger charge is 2.39. The summed E-state index contributed by atoms with van der Waals surface area (Å²) in [6.45, 7) is 2.48. The Hall–Kier alpha value is -1.59. The minimum atomic E-state index is -0.412.